The van der Waals surface area contributed by atoms with E-state index in [2.05, 4.69) is 17.4 Å². The predicted molar refractivity (Wildman–Crippen MR) is 98.9 cm³/mol. The van der Waals surface area contributed by atoms with Crippen molar-refractivity contribution in [3.63, 3.8) is 0 Å². The number of hydrogen-bond donors (Lipinski definition) is 1. The van der Waals surface area contributed by atoms with E-state index in [1.165, 1.54) is 37.7 Å². The lowest BCUT2D eigenvalue weighted by Gasteiger charge is -2.22. The van der Waals surface area contributed by atoms with Gasteiger partial charge in [0.2, 0.25) is 0 Å². The molecule has 0 spiro atoms. The van der Waals surface area contributed by atoms with Crippen LogP contribution in [-0.4, -0.2) is 12.3 Å². The Labute approximate surface area is 148 Å². The van der Waals surface area contributed by atoms with Gasteiger partial charge in [-0.3, -0.25) is 4.79 Å². The molecule has 1 N–H and O–H groups in total. The van der Waals surface area contributed by atoms with Gasteiger partial charge in [0.05, 0.1) is 0 Å². The minimum Gasteiger partial charge on any atom is -0.488 e. The first-order chi connectivity index (χ1) is 11.8. The summed E-state index contributed by atoms with van der Waals surface area (Å²) in [6, 6.07) is 9.00. The summed E-state index contributed by atoms with van der Waals surface area (Å²) in [5.41, 5.74) is 3.09. The van der Waals surface area contributed by atoms with Crippen molar-refractivity contribution in [2.75, 3.05) is 0 Å². The van der Waals surface area contributed by atoms with Crippen LogP contribution >= 0.6 is 11.3 Å². The molecule has 1 saturated carbocycles. The Balaban J connectivity index is 1.48. The van der Waals surface area contributed by atoms with Crippen LogP contribution in [0.3, 0.4) is 0 Å². The van der Waals surface area contributed by atoms with E-state index in [-0.39, 0.29) is 0 Å². The molecule has 0 bridgehead atoms. The molecule has 3 nitrogen and oxygen atoms in total. The van der Waals surface area contributed by atoms with Crippen LogP contribution in [0.5, 0.6) is 5.75 Å². The minimum atomic E-state index is 0.518. The standard InChI is InChI=1S/C20H25NO2S/c1-15-17(12-22)14-24-20(15)13-23-19-9-7-16(8-10-19)11-21-18-5-3-2-4-6-18/h7-10,12,14,18,21H,2-6,11,13H2,1H3. The average molecular weight is 343 g/mol. The number of benzene rings is 1. The first kappa shape index (κ1) is 17.2. The van der Waals surface area contributed by atoms with Crippen molar-refractivity contribution < 1.29 is 9.53 Å². The minimum absolute atomic E-state index is 0.518. The van der Waals surface area contributed by atoms with E-state index in [0.717, 1.165) is 34.6 Å². The Morgan fingerprint density at radius 1 is 1.21 bits per heavy atom. The molecule has 1 heterocycles. The van der Waals surface area contributed by atoms with E-state index in [1.807, 2.05) is 24.4 Å². The van der Waals surface area contributed by atoms with Gasteiger partial charge in [-0.1, -0.05) is 31.4 Å². The molecule has 128 valence electrons. The molecular weight excluding hydrogens is 318 g/mol. The van der Waals surface area contributed by atoms with E-state index in [4.69, 9.17) is 4.74 Å². The summed E-state index contributed by atoms with van der Waals surface area (Å²) >= 11 is 1.58. The van der Waals surface area contributed by atoms with E-state index >= 15 is 0 Å². The summed E-state index contributed by atoms with van der Waals surface area (Å²) in [5, 5.41) is 5.55. The third-order valence-corrected chi connectivity index (χ3v) is 5.88. The van der Waals surface area contributed by atoms with Crippen molar-refractivity contribution in [3.8, 4) is 5.75 Å². The van der Waals surface area contributed by atoms with Crippen molar-refractivity contribution >= 4 is 17.6 Å². The number of rotatable bonds is 7. The largest absolute Gasteiger partial charge is 0.488 e. The number of carbonyl (C=O) groups excluding carboxylic acids is 1. The Bertz CT molecular complexity index is 657. The van der Waals surface area contributed by atoms with Crippen LogP contribution in [0.15, 0.2) is 29.6 Å². The van der Waals surface area contributed by atoms with Crippen LogP contribution in [-0.2, 0) is 13.2 Å². The van der Waals surface area contributed by atoms with E-state index < -0.39 is 0 Å². The van der Waals surface area contributed by atoms with Gasteiger partial charge in [-0.25, -0.2) is 0 Å². The summed E-state index contributed by atoms with van der Waals surface area (Å²) in [6.07, 6.45) is 7.64. The van der Waals surface area contributed by atoms with Gasteiger partial charge >= 0.3 is 0 Å². The summed E-state index contributed by atoms with van der Waals surface area (Å²) in [5.74, 6) is 0.872. The highest BCUT2D eigenvalue weighted by Crippen LogP contribution is 2.23. The Morgan fingerprint density at radius 3 is 2.62 bits per heavy atom. The first-order valence-electron chi connectivity index (χ1n) is 8.73. The molecule has 4 heteroatoms. The molecule has 0 atom stereocenters. The van der Waals surface area contributed by atoms with Crippen LogP contribution in [0.1, 0.15) is 58.5 Å². The van der Waals surface area contributed by atoms with Gasteiger partial charge in [0.25, 0.3) is 0 Å². The van der Waals surface area contributed by atoms with Crippen molar-refractivity contribution in [1.29, 1.82) is 0 Å². The van der Waals surface area contributed by atoms with Gasteiger partial charge in [-0.05, 0) is 43.0 Å². The van der Waals surface area contributed by atoms with E-state index in [0.29, 0.717) is 12.6 Å². The normalized spacial score (nSPS) is 15.4. The Kier molecular flexibility index (Phi) is 6.05. The summed E-state index contributed by atoms with van der Waals surface area (Å²) in [4.78, 5) is 12.0. The molecule has 1 aliphatic carbocycles. The topological polar surface area (TPSA) is 38.3 Å². The van der Waals surface area contributed by atoms with Crippen molar-refractivity contribution in [2.24, 2.45) is 0 Å². The molecule has 2 aromatic rings. The highest BCUT2D eigenvalue weighted by molar-refractivity contribution is 7.10. The van der Waals surface area contributed by atoms with Crippen molar-refractivity contribution in [1.82, 2.24) is 5.32 Å². The molecule has 0 radical (unpaired) electrons. The summed E-state index contributed by atoms with van der Waals surface area (Å²) in [7, 11) is 0. The lowest BCUT2D eigenvalue weighted by molar-refractivity contribution is 0.112. The predicted octanol–water partition coefficient (Wildman–Crippen LogP) is 4.87. The van der Waals surface area contributed by atoms with E-state index in [1.54, 1.807) is 11.3 Å². The van der Waals surface area contributed by atoms with E-state index in [9.17, 15) is 4.79 Å². The van der Waals surface area contributed by atoms with Crippen LogP contribution in [0.2, 0.25) is 0 Å². The van der Waals surface area contributed by atoms with Gasteiger partial charge in [0.15, 0.2) is 6.29 Å². The van der Waals surface area contributed by atoms with Gasteiger partial charge in [0, 0.05) is 28.4 Å². The molecule has 1 aromatic heterocycles. The number of hydrogen-bond acceptors (Lipinski definition) is 4. The zero-order valence-electron chi connectivity index (χ0n) is 14.2. The van der Waals surface area contributed by atoms with Gasteiger partial charge < -0.3 is 10.1 Å². The van der Waals surface area contributed by atoms with Crippen LogP contribution < -0.4 is 10.1 Å². The molecule has 0 amide bonds. The fraction of sp³-hybridized carbons (Fsp3) is 0.450. The molecule has 0 aliphatic heterocycles. The smallest absolute Gasteiger partial charge is 0.151 e. The lowest BCUT2D eigenvalue weighted by Crippen LogP contribution is -2.30. The Hall–Kier alpha value is -1.65. The molecule has 24 heavy (non-hydrogen) atoms. The Morgan fingerprint density at radius 2 is 1.96 bits per heavy atom. The van der Waals surface area contributed by atoms with Gasteiger partial charge in [-0.2, -0.15) is 0 Å². The lowest BCUT2D eigenvalue weighted by atomic mass is 9.95. The fourth-order valence-electron chi connectivity index (χ4n) is 3.15. The molecular formula is C20H25NO2S. The summed E-state index contributed by atoms with van der Waals surface area (Å²) < 4.78 is 5.85. The van der Waals surface area contributed by atoms with Crippen molar-refractivity contribution in [2.45, 2.75) is 58.2 Å². The third kappa shape index (κ3) is 4.46. The maximum Gasteiger partial charge on any atom is 0.151 e. The number of aldehydes is 1. The molecule has 1 aliphatic rings. The SMILES string of the molecule is Cc1c(C=O)csc1COc1ccc(CNC2CCCCC2)cc1. The number of carbonyl (C=O) groups is 1. The monoisotopic (exact) mass is 343 g/mol. The second kappa shape index (κ2) is 8.45. The third-order valence-electron chi connectivity index (χ3n) is 4.80. The van der Waals surface area contributed by atoms with Crippen LogP contribution in [0.25, 0.3) is 0 Å². The molecule has 0 saturated heterocycles. The number of ether oxygens (including phenoxy) is 1. The van der Waals surface area contributed by atoms with Gasteiger partial charge in [-0.15, -0.1) is 11.3 Å². The second-order valence-corrected chi connectivity index (χ2v) is 7.47. The first-order valence-corrected chi connectivity index (χ1v) is 9.61. The molecule has 1 fully saturated rings. The second-order valence-electron chi connectivity index (χ2n) is 6.51. The van der Waals surface area contributed by atoms with Crippen LogP contribution in [0.4, 0.5) is 0 Å². The molecule has 1 aromatic carbocycles. The zero-order valence-corrected chi connectivity index (χ0v) is 15.0. The number of nitrogens with one attached hydrogen (secondary N) is 1. The number of thiophene rings is 1. The highest BCUT2D eigenvalue weighted by atomic mass is 32.1. The highest BCUT2D eigenvalue weighted by Gasteiger charge is 2.12. The fourth-order valence-corrected chi connectivity index (χ4v) is 4.08. The maximum atomic E-state index is 10.9. The van der Waals surface area contributed by atoms with Crippen molar-refractivity contribution in [3.05, 3.63) is 51.2 Å². The quantitative estimate of drug-likeness (QED) is 0.729. The maximum absolute atomic E-state index is 10.9. The van der Waals surface area contributed by atoms with Crippen LogP contribution in [0, 0.1) is 6.92 Å². The average Bonchev–Trinajstić information content (AvgIpc) is 3.00. The van der Waals surface area contributed by atoms with Gasteiger partial charge in [0.1, 0.15) is 12.4 Å². The molecule has 0 unspecified atom stereocenters. The molecule has 3 rings (SSSR count). The summed E-state index contributed by atoms with van der Waals surface area (Å²) in [6.45, 7) is 3.42. The zero-order chi connectivity index (χ0) is 16.8.